The van der Waals surface area contributed by atoms with Gasteiger partial charge in [-0.1, -0.05) is 54.1 Å². The molecule has 0 amide bonds. The predicted molar refractivity (Wildman–Crippen MR) is 107 cm³/mol. The highest BCUT2D eigenvalue weighted by atomic mass is 35.5. The zero-order chi connectivity index (χ0) is 18.8. The molecule has 0 fully saturated rings. The second-order valence-electron chi connectivity index (χ2n) is 6.30. The molecule has 0 bridgehead atoms. The van der Waals surface area contributed by atoms with Crippen LogP contribution in [-0.4, -0.2) is 10.6 Å². The van der Waals surface area contributed by atoms with Gasteiger partial charge in [-0.15, -0.1) is 0 Å². The zero-order valence-corrected chi connectivity index (χ0v) is 15.1. The van der Waals surface area contributed by atoms with E-state index in [0.717, 1.165) is 22.5 Å². The van der Waals surface area contributed by atoms with Crippen molar-refractivity contribution in [1.82, 2.24) is 0 Å². The number of anilines is 1. The van der Waals surface area contributed by atoms with Crippen molar-refractivity contribution in [2.45, 2.75) is 12.5 Å². The monoisotopic (exact) mass is 377 g/mol. The minimum Gasteiger partial charge on any atom is -0.258 e. The van der Waals surface area contributed by atoms with Gasteiger partial charge in [0.15, 0.2) is 0 Å². The highest BCUT2D eigenvalue weighted by Gasteiger charge is 2.30. The third-order valence-corrected chi connectivity index (χ3v) is 4.85. The van der Waals surface area contributed by atoms with Gasteiger partial charge in [0.25, 0.3) is 5.69 Å². The molecule has 0 unspecified atom stereocenters. The zero-order valence-electron chi connectivity index (χ0n) is 14.3. The molecule has 4 rings (SSSR count). The molecular formula is C21H16ClN3O2. The van der Waals surface area contributed by atoms with E-state index in [2.05, 4.69) is 0 Å². The normalized spacial score (nSPS) is 16.3. The van der Waals surface area contributed by atoms with Crippen molar-refractivity contribution in [3.63, 3.8) is 0 Å². The maximum Gasteiger partial charge on any atom is 0.269 e. The van der Waals surface area contributed by atoms with Gasteiger partial charge in [0.05, 0.1) is 22.4 Å². The number of nitro benzene ring substituents is 1. The Hall–Kier alpha value is -3.18. The van der Waals surface area contributed by atoms with Crippen molar-refractivity contribution in [3.8, 4) is 0 Å². The average Bonchev–Trinajstić information content (AvgIpc) is 3.15. The smallest absolute Gasteiger partial charge is 0.258 e. The van der Waals surface area contributed by atoms with Gasteiger partial charge in [-0.25, -0.2) is 0 Å². The van der Waals surface area contributed by atoms with Crippen LogP contribution in [0.25, 0.3) is 0 Å². The summed E-state index contributed by atoms with van der Waals surface area (Å²) in [6, 6.07) is 24.2. The Labute approximate surface area is 161 Å². The van der Waals surface area contributed by atoms with Crippen LogP contribution in [0.15, 0.2) is 84.0 Å². The Morgan fingerprint density at radius 2 is 1.63 bits per heavy atom. The molecule has 6 heteroatoms. The highest BCUT2D eigenvalue weighted by Crippen LogP contribution is 2.37. The lowest BCUT2D eigenvalue weighted by Crippen LogP contribution is -2.18. The highest BCUT2D eigenvalue weighted by molar-refractivity contribution is 6.30. The van der Waals surface area contributed by atoms with E-state index in [1.165, 1.54) is 0 Å². The molecule has 1 atom stereocenters. The van der Waals surface area contributed by atoms with Crippen molar-refractivity contribution in [3.05, 3.63) is 105 Å². The predicted octanol–water partition coefficient (Wildman–Crippen LogP) is 5.60. The van der Waals surface area contributed by atoms with Crippen molar-refractivity contribution < 1.29 is 4.92 Å². The number of non-ortho nitro benzene ring substituents is 1. The first-order valence-electron chi connectivity index (χ1n) is 8.54. The number of para-hydroxylation sites is 1. The summed E-state index contributed by atoms with van der Waals surface area (Å²) < 4.78 is 0. The number of hydrogen-bond donors (Lipinski definition) is 0. The molecule has 0 saturated heterocycles. The Bertz CT molecular complexity index is 986. The minimum atomic E-state index is -0.386. The summed E-state index contributed by atoms with van der Waals surface area (Å²) in [5, 5.41) is 18.5. The summed E-state index contributed by atoms with van der Waals surface area (Å²) in [5.74, 6) is 0. The molecule has 3 aromatic rings. The summed E-state index contributed by atoms with van der Waals surface area (Å²) in [4.78, 5) is 10.6. The second kappa shape index (κ2) is 7.21. The van der Waals surface area contributed by atoms with E-state index >= 15 is 0 Å². The lowest BCUT2D eigenvalue weighted by molar-refractivity contribution is -0.384. The largest absolute Gasteiger partial charge is 0.269 e. The van der Waals surface area contributed by atoms with Crippen LogP contribution in [0.3, 0.4) is 0 Å². The van der Waals surface area contributed by atoms with Crippen LogP contribution in [0.1, 0.15) is 23.6 Å². The van der Waals surface area contributed by atoms with Crippen molar-refractivity contribution in [1.29, 1.82) is 0 Å². The van der Waals surface area contributed by atoms with Crippen molar-refractivity contribution >= 4 is 28.7 Å². The molecule has 0 radical (unpaired) electrons. The van der Waals surface area contributed by atoms with Crippen molar-refractivity contribution in [2.24, 2.45) is 5.10 Å². The third kappa shape index (κ3) is 3.55. The summed E-state index contributed by atoms with van der Waals surface area (Å²) in [6.45, 7) is 0. The maximum absolute atomic E-state index is 10.9. The molecule has 0 spiro atoms. The van der Waals surface area contributed by atoms with Gasteiger partial charge in [0.2, 0.25) is 0 Å². The molecule has 0 N–H and O–H groups in total. The van der Waals surface area contributed by atoms with Crippen LogP contribution in [0.5, 0.6) is 0 Å². The lowest BCUT2D eigenvalue weighted by Gasteiger charge is -2.23. The second-order valence-corrected chi connectivity index (χ2v) is 6.74. The Kier molecular flexibility index (Phi) is 4.60. The molecule has 1 heterocycles. The van der Waals surface area contributed by atoms with E-state index in [-0.39, 0.29) is 16.7 Å². The number of hydrogen-bond acceptors (Lipinski definition) is 4. The van der Waals surface area contributed by atoms with Crippen LogP contribution in [0, 0.1) is 10.1 Å². The molecule has 0 aliphatic carbocycles. The lowest BCUT2D eigenvalue weighted by atomic mass is 9.98. The summed E-state index contributed by atoms with van der Waals surface area (Å²) >= 11 is 6.00. The first-order chi connectivity index (χ1) is 13.1. The Morgan fingerprint density at radius 1 is 0.963 bits per heavy atom. The van der Waals surface area contributed by atoms with Crippen LogP contribution in [0.2, 0.25) is 5.02 Å². The van der Waals surface area contributed by atoms with Gasteiger partial charge in [0, 0.05) is 23.6 Å². The van der Waals surface area contributed by atoms with E-state index in [1.54, 1.807) is 24.3 Å². The number of hydrazone groups is 1. The standard InChI is InChI=1S/C21H16ClN3O2/c22-17-10-6-15(7-11-17)20-14-21(16-8-12-19(13-9-16)25(26)27)24(23-20)18-4-2-1-3-5-18/h1-13,21H,14H2/t21-/m0/s1. The van der Waals surface area contributed by atoms with Gasteiger partial charge in [0.1, 0.15) is 0 Å². The summed E-state index contributed by atoms with van der Waals surface area (Å²) in [5.41, 5.74) is 4.02. The third-order valence-electron chi connectivity index (χ3n) is 4.60. The fraction of sp³-hybridized carbons (Fsp3) is 0.0952. The average molecular weight is 378 g/mol. The number of nitrogens with zero attached hydrogens (tertiary/aromatic N) is 3. The van der Waals surface area contributed by atoms with Crippen molar-refractivity contribution in [2.75, 3.05) is 5.01 Å². The number of rotatable bonds is 4. The van der Waals surface area contributed by atoms with Crippen LogP contribution >= 0.6 is 11.6 Å². The summed E-state index contributed by atoms with van der Waals surface area (Å²) in [7, 11) is 0. The van der Waals surface area contributed by atoms with E-state index in [4.69, 9.17) is 16.7 Å². The minimum absolute atomic E-state index is 0.0288. The van der Waals surface area contributed by atoms with Gasteiger partial charge in [-0.2, -0.15) is 5.10 Å². The van der Waals surface area contributed by atoms with Gasteiger partial charge in [-0.05, 0) is 35.4 Å². The Morgan fingerprint density at radius 3 is 2.26 bits per heavy atom. The fourth-order valence-corrected chi connectivity index (χ4v) is 3.35. The van der Waals surface area contributed by atoms with E-state index < -0.39 is 0 Å². The van der Waals surface area contributed by atoms with Crippen LogP contribution < -0.4 is 5.01 Å². The molecule has 5 nitrogen and oxygen atoms in total. The first kappa shape index (κ1) is 17.2. The van der Waals surface area contributed by atoms with Crippen LogP contribution in [0.4, 0.5) is 11.4 Å². The van der Waals surface area contributed by atoms with Crippen LogP contribution in [-0.2, 0) is 0 Å². The van der Waals surface area contributed by atoms with Gasteiger partial charge >= 0.3 is 0 Å². The van der Waals surface area contributed by atoms with E-state index in [9.17, 15) is 10.1 Å². The summed E-state index contributed by atoms with van der Waals surface area (Å²) in [6.07, 6.45) is 0.703. The molecule has 27 heavy (non-hydrogen) atoms. The van der Waals surface area contributed by atoms with E-state index in [0.29, 0.717) is 11.4 Å². The first-order valence-corrected chi connectivity index (χ1v) is 8.92. The number of benzene rings is 3. The maximum atomic E-state index is 10.9. The SMILES string of the molecule is O=[N+]([O-])c1ccc([C@@H]2CC(c3ccc(Cl)cc3)=NN2c2ccccc2)cc1. The molecule has 1 aliphatic heterocycles. The molecule has 0 aromatic heterocycles. The number of nitro groups is 1. The number of halogens is 1. The van der Waals surface area contributed by atoms with E-state index in [1.807, 2.05) is 59.6 Å². The molecule has 1 aliphatic rings. The fourth-order valence-electron chi connectivity index (χ4n) is 3.22. The molecular weight excluding hydrogens is 362 g/mol. The topological polar surface area (TPSA) is 58.7 Å². The molecule has 134 valence electrons. The molecule has 3 aromatic carbocycles. The molecule has 0 saturated carbocycles. The van der Waals surface area contributed by atoms with Gasteiger partial charge in [-0.3, -0.25) is 15.1 Å². The Balaban J connectivity index is 1.71. The quantitative estimate of drug-likeness (QED) is 0.439. The van der Waals surface area contributed by atoms with Gasteiger partial charge < -0.3 is 0 Å².